The Morgan fingerprint density at radius 3 is 2.11 bits per heavy atom. The highest BCUT2D eigenvalue weighted by Gasteiger charge is 2.19. The Morgan fingerprint density at radius 1 is 0.778 bits per heavy atom. The van der Waals surface area contributed by atoms with E-state index >= 15 is 0 Å². The molecule has 4 nitrogen and oxygen atoms in total. The summed E-state index contributed by atoms with van der Waals surface area (Å²) in [5, 5.41) is 0.693. The predicted molar refractivity (Wildman–Crippen MR) is 105 cm³/mol. The van der Waals surface area contributed by atoms with Crippen molar-refractivity contribution in [2.24, 2.45) is 0 Å². The number of esters is 1. The summed E-state index contributed by atoms with van der Waals surface area (Å²) in [6.07, 6.45) is 1.55. The van der Waals surface area contributed by atoms with Crippen LogP contribution in [0.15, 0.2) is 85.1 Å². The fraction of sp³-hybridized carbons (Fsp3) is 0.0435. The maximum absolute atomic E-state index is 13.0. The largest absolute Gasteiger partial charge is 0.465 e. The second-order valence-electron chi connectivity index (χ2n) is 6.17. The molecule has 0 amide bonds. The summed E-state index contributed by atoms with van der Waals surface area (Å²) in [6.45, 7) is 0. The Bertz CT molecular complexity index is 1130. The molecule has 1 aromatic heterocycles. The van der Waals surface area contributed by atoms with Gasteiger partial charge in [-0.05, 0) is 29.3 Å². The summed E-state index contributed by atoms with van der Waals surface area (Å²) in [4.78, 5) is 25.1. The van der Waals surface area contributed by atoms with E-state index in [2.05, 4.69) is 0 Å². The maximum Gasteiger partial charge on any atom is 0.340 e. The first kappa shape index (κ1) is 16.8. The summed E-state index contributed by atoms with van der Waals surface area (Å²) < 4.78 is 6.34. The van der Waals surface area contributed by atoms with Crippen LogP contribution in [0.1, 0.15) is 20.7 Å². The summed E-state index contributed by atoms with van der Waals surface area (Å²) in [5.74, 6) is -0.654. The number of carbonyl (C=O) groups excluding carboxylic acids is 2. The van der Waals surface area contributed by atoms with E-state index in [0.29, 0.717) is 22.0 Å². The smallest absolute Gasteiger partial charge is 0.340 e. The van der Waals surface area contributed by atoms with Crippen molar-refractivity contribution in [3.63, 3.8) is 0 Å². The highest BCUT2D eigenvalue weighted by molar-refractivity contribution is 6.10. The average molecular weight is 355 g/mol. The van der Waals surface area contributed by atoms with Crippen molar-refractivity contribution in [1.29, 1.82) is 0 Å². The molecule has 4 rings (SSSR count). The van der Waals surface area contributed by atoms with Gasteiger partial charge in [-0.2, -0.15) is 0 Å². The second kappa shape index (κ2) is 6.92. The summed E-state index contributed by atoms with van der Waals surface area (Å²) in [7, 11) is 1.33. The van der Waals surface area contributed by atoms with Gasteiger partial charge in [0.15, 0.2) is 0 Å². The van der Waals surface area contributed by atoms with Gasteiger partial charge in [0.05, 0.1) is 18.2 Å². The molecule has 0 N–H and O–H groups in total. The number of hydrogen-bond acceptors (Lipinski definition) is 3. The normalized spacial score (nSPS) is 10.7. The minimum Gasteiger partial charge on any atom is -0.465 e. The number of nitrogens with zero attached hydrogens (tertiary/aromatic N) is 1. The van der Waals surface area contributed by atoms with Crippen molar-refractivity contribution >= 4 is 22.8 Å². The summed E-state index contributed by atoms with van der Waals surface area (Å²) in [5.41, 5.74) is 3.74. The van der Waals surface area contributed by atoms with Gasteiger partial charge in [-0.3, -0.25) is 9.36 Å². The van der Waals surface area contributed by atoms with Gasteiger partial charge in [-0.15, -0.1) is 0 Å². The molecule has 27 heavy (non-hydrogen) atoms. The molecule has 0 saturated carbocycles. The lowest BCUT2D eigenvalue weighted by Gasteiger charge is -2.06. The van der Waals surface area contributed by atoms with Crippen LogP contribution in [0.4, 0.5) is 0 Å². The van der Waals surface area contributed by atoms with Crippen molar-refractivity contribution < 1.29 is 14.3 Å². The minimum atomic E-state index is -0.461. The topological polar surface area (TPSA) is 48.3 Å². The fourth-order valence-corrected chi connectivity index (χ4v) is 3.20. The molecule has 0 aliphatic carbocycles. The van der Waals surface area contributed by atoms with Crippen molar-refractivity contribution in [3.8, 4) is 11.1 Å². The molecule has 0 fully saturated rings. The van der Waals surface area contributed by atoms with Crippen LogP contribution in [0.5, 0.6) is 0 Å². The van der Waals surface area contributed by atoms with E-state index in [4.69, 9.17) is 4.74 Å². The first-order chi connectivity index (χ1) is 13.2. The van der Waals surface area contributed by atoms with Crippen LogP contribution in [0, 0.1) is 0 Å². The molecule has 0 atom stereocenters. The van der Waals surface area contributed by atoms with Gasteiger partial charge < -0.3 is 4.74 Å². The summed E-state index contributed by atoms with van der Waals surface area (Å²) >= 11 is 0. The Balaban J connectivity index is 1.74. The van der Waals surface area contributed by atoms with E-state index < -0.39 is 5.97 Å². The average Bonchev–Trinajstić information content (AvgIpc) is 3.13. The third kappa shape index (κ3) is 3.02. The minimum absolute atomic E-state index is 0.194. The van der Waals surface area contributed by atoms with Crippen LogP contribution in [0.2, 0.25) is 0 Å². The Kier molecular flexibility index (Phi) is 4.30. The number of aromatic nitrogens is 1. The number of rotatable bonds is 3. The quantitative estimate of drug-likeness (QED) is 0.497. The molecular weight excluding hydrogens is 338 g/mol. The molecule has 0 bridgehead atoms. The van der Waals surface area contributed by atoms with Crippen LogP contribution < -0.4 is 0 Å². The highest BCUT2D eigenvalue weighted by atomic mass is 16.5. The standard InChI is InChI=1S/C23H17NO3/c1-27-23(26)20-15-24(21-10-6-5-9-19(20)21)22(25)18-13-11-17(12-14-18)16-7-3-2-4-8-16/h2-15H,1H3. The van der Waals surface area contributed by atoms with Crippen LogP contribution in [-0.4, -0.2) is 23.6 Å². The maximum atomic E-state index is 13.0. The number of hydrogen-bond donors (Lipinski definition) is 0. The van der Waals surface area contributed by atoms with E-state index in [1.807, 2.05) is 66.7 Å². The molecule has 0 aliphatic rings. The zero-order valence-corrected chi connectivity index (χ0v) is 14.8. The van der Waals surface area contributed by atoms with E-state index in [1.54, 1.807) is 18.3 Å². The van der Waals surface area contributed by atoms with E-state index in [-0.39, 0.29) is 5.91 Å². The fourth-order valence-electron chi connectivity index (χ4n) is 3.20. The molecule has 4 heteroatoms. The van der Waals surface area contributed by atoms with E-state index in [1.165, 1.54) is 11.7 Å². The van der Waals surface area contributed by atoms with E-state index in [0.717, 1.165) is 11.1 Å². The number of ether oxygens (including phenoxy) is 1. The monoisotopic (exact) mass is 355 g/mol. The van der Waals surface area contributed by atoms with Crippen molar-refractivity contribution in [1.82, 2.24) is 4.57 Å². The zero-order valence-electron chi connectivity index (χ0n) is 14.8. The third-order valence-electron chi connectivity index (χ3n) is 4.58. The second-order valence-corrected chi connectivity index (χ2v) is 6.17. The van der Waals surface area contributed by atoms with Gasteiger partial charge in [0.1, 0.15) is 0 Å². The first-order valence-electron chi connectivity index (χ1n) is 8.57. The Hall–Kier alpha value is -3.66. The van der Waals surface area contributed by atoms with Gasteiger partial charge >= 0.3 is 5.97 Å². The number of benzene rings is 3. The lowest BCUT2D eigenvalue weighted by Crippen LogP contribution is -2.11. The first-order valence-corrected chi connectivity index (χ1v) is 8.57. The SMILES string of the molecule is COC(=O)c1cn(C(=O)c2ccc(-c3ccccc3)cc2)c2ccccc12. The lowest BCUT2D eigenvalue weighted by molar-refractivity contribution is 0.0603. The lowest BCUT2D eigenvalue weighted by atomic mass is 10.0. The molecule has 0 saturated heterocycles. The molecule has 3 aromatic carbocycles. The number of methoxy groups -OCH3 is 1. The van der Waals surface area contributed by atoms with Crippen LogP contribution in [0.3, 0.4) is 0 Å². The molecule has 0 spiro atoms. The van der Waals surface area contributed by atoms with Gasteiger partial charge in [0.2, 0.25) is 0 Å². The molecule has 4 aromatic rings. The molecule has 0 aliphatic heterocycles. The van der Waals surface area contributed by atoms with E-state index in [9.17, 15) is 9.59 Å². The highest BCUT2D eigenvalue weighted by Crippen LogP contribution is 2.24. The van der Waals surface area contributed by atoms with Gasteiger partial charge in [-0.25, -0.2) is 4.79 Å². The van der Waals surface area contributed by atoms with Crippen LogP contribution in [-0.2, 0) is 4.74 Å². The summed E-state index contributed by atoms with van der Waals surface area (Å²) in [6, 6.07) is 24.7. The molecular formula is C23H17NO3. The number of carbonyl (C=O) groups is 2. The Morgan fingerprint density at radius 2 is 1.41 bits per heavy atom. The van der Waals surface area contributed by atoms with Gasteiger partial charge in [0, 0.05) is 17.1 Å². The third-order valence-corrected chi connectivity index (χ3v) is 4.58. The molecule has 0 radical (unpaired) electrons. The zero-order chi connectivity index (χ0) is 18.8. The number of para-hydroxylation sites is 1. The van der Waals surface area contributed by atoms with Crippen molar-refractivity contribution in [3.05, 3.63) is 96.2 Å². The molecule has 0 unspecified atom stereocenters. The van der Waals surface area contributed by atoms with Gasteiger partial charge in [0.25, 0.3) is 5.91 Å². The van der Waals surface area contributed by atoms with Crippen molar-refractivity contribution in [2.45, 2.75) is 0 Å². The van der Waals surface area contributed by atoms with Crippen molar-refractivity contribution in [2.75, 3.05) is 7.11 Å². The molecule has 132 valence electrons. The number of fused-ring (bicyclic) bond motifs is 1. The van der Waals surface area contributed by atoms with Crippen LogP contribution in [0.25, 0.3) is 22.0 Å². The van der Waals surface area contributed by atoms with Crippen LogP contribution >= 0.6 is 0 Å². The van der Waals surface area contributed by atoms with Gasteiger partial charge in [-0.1, -0.05) is 60.7 Å². The molecule has 1 heterocycles. The predicted octanol–water partition coefficient (Wildman–Crippen LogP) is 4.78. The Labute approximate surface area is 156 Å².